The minimum absolute atomic E-state index is 0.0258. The zero-order chi connectivity index (χ0) is 13.7. The number of nitrogens with one attached hydrogen (secondary N) is 1. The second kappa shape index (κ2) is 6.08. The summed E-state index contributed by atoms with van der Waals surface area (Å²) in [4.78, 5) is 7.63. The third-order valence-corrected chi connectivity index (χ3v) is 2.29. The monoisotopic (exact) mass is 265 g/mol. The molecule has 100 valence electrons. The molecule has 0 spiro atoms. The fraction of sp³-hybridized carbons (Fsp3) is 0.231. The van der Waals surface area contributed by atoms with Crippen molar-refractivity contribution in [3.05, 3.63) is 42.2 Å². The fourth-order valence-electron chi connectivity index (χ4n) is 1.41. The van der Waals surface area contributed by atoms with Crippen LogP contribution >= 0.6 is 0 Å². The Morgan fingerprint density at radius 2 is 2.16 bits per heavy atom. The van der Waals surface area contributed by atoms with Crippen LogP contribution in [0.3, 0.4) is 0 Å². The van der Waals surface area contributed by atoms with E-state index < -0.39 is 11.6 Å². The number of hydrogen-bond donors (Lipinski definition) is 1. The molecule has 0 aliphatic rings. The van der Waals surface area contributed by atoms with Gasteiger partial charge in [-0.3, -0.25) is 4.98 Å². The molecule has 0 atom stereocenters. The van der Waals surface area contributed by atoms with Gasteiger partial charge in [0.25, 0.3) is 5.88 Å². The highest BCUT2D eigenvalue weighted by molar-refractivity contribution is 5.40. The minimum Gasteiger partial charge on any atom is -0.435 e. The van der Waals surface area contributed by atoms with E-state index in [2.05, 4.69) is 15.3 Å². The second-order valence-corrected chi connectivity index (χ2v) is 3.82. The van der Waals surface area contributed by atoms with Gasteiger partial charge in [0.15, 0.2) is 17.5 Å². The van der Waals surface area contributed by atoms with Crippen LogP contribution in [-0.4, -0.2) is 16.5 Å². The third-order valence-electron chi connectivity index (χ3n) is 2.29. The van der Waals surface area contributed by atoms with E-state index in [-0.39, 0.29) is 11.7 Å². The lowest BCUT2D eigenvalue weighted by atomic mass is 10.4. The lowest BCUT2D eigenvalue weighted by Crippen LogP contribution is -2.06. The molecule has 2 heterocycles. The Kier molecular flexibility index (Phi) is 4.22. The molecule has 0 saturated heterocycles. The zero-order valence-electron chi connectivity index (χ0n) is 10.4. The van der Waals surface area contributed by atoms with Crippen LogP contribution in [0.4, 0.5) is 14.6 Å². The zero-order valence-corrected chi connectivity index (χ0v) is 10.4. The quantitative estimate of drug-likeness (QED) is 0.900. The van der Waals surface area contributed by atoms with E-state index in [9.17, 15) is 8.78 Å². The second-order valence-electron chi connectivity index (χ2n) is 3.82. The molecule has 0 radical (unpaired) electrons. The first-order valence-corrected chi connectivity index (χ1v) is 5.88. The minimum atomic E-state index is -0.858. The summed E-state index contributed by atoms with van der Waals surface area (Å²) in [6, 6.07) is 4.00. The summed E-state index contributed by atoms with van der Waals surface area (Å²) in [6.45, 7) is 2.48. The van der Waals surface area contributed by atoms with Gasteiger partial charge < -0.3 is 10.1 Å². The van der Waals surface area contributed by atoms with Crippen molar-refractivity contribution >= 4 is 5.82 Å². The van der Waals surface area contributed by atoms with Gasteiger partial charge in [-0.25, -0.2) is 8.78 Å². The van der Waals surface area contributed by atoms with Crippen LogP contribution in [0.5, 0.6) is 11.6 Å². The first-order valence-electron chi connectivity index (χ1n) is 5.88. The fourth-order valence-corrected chi connectivity index (χ4v) is 1.41. The van der Waals surface area contributed by atoms with Crippen LogP contribution in [0.25, 0.3) is 0 Å². The molecule has 0 aliphatic carbocycles. The smallest absolute Gasteiger partial charge is 0.258 e. The van der Waals surface area contributed by atoms with Crippen molar-refractivity contribution in [3.8, 4) is 11.6 Å². The predicted octanol–water partition coefficient (Wildman–Crippen LogP) is 3.37. The molecule has 0 aromatic carbocycles. The topological polar surface area (TPSA) is 47.0 Å². The molecule has 2 rings (SSSR count). The van der Waals surface area contributed by atoms with Gasteiger partial charge in [0.2, 0.25) is 0 Å². The van der Waals surface area contributed by atoms with Crippen molar-refractivity contribution in [2.45, 2.75) is 13.3 Å². The Balaban J connectivity index is 2.24. The van der Waals surface area contributed by atoms with E-state index in [1.165, 1.54) is 6.20 Å². The first-order chi connectivity index (χ1) is 9.20. The van der Waals surface area contributed by atoms with Crippen molar-refractivity contribution in [1.29, 1.82) is 0 Å². The van der Waals surface area contributed by atoms with Gasteiger partial charge >= 0.3 is 0 Å². The van der Waals surface area contributed by atoms with E-state index in [0.29, 0.717) is 12.3 Å². The maximum atomic E-state index is 13.6. The number of anilines is 1. The Hall–Kier alpha value is -2.24. The summed E-state index contributed by atoms with van der Waals surface area (Å²) in [7, 11) is 0. The lowest BCUT2D eigenvalue weighted by Gasteiger charge is -2.09. The molecule has 0 unspecified atom stereocenters. The highest BCUT2D eigenvalue weighted by Gasteiger charge is 2.13. The third kappa shape index (κ3) is 3.37. The van der Waals surface area contributed by atoms with Gasteiger partial charge in [-0.05, 0) is 18.6 Å². The van der Waals surface area contributed by atoms with E-state index >= 15 is 0 Å². The SMILES string of the molecule is CCCNc1nc(Oc2cccnc2)c(F)cc1F. The number of rotatable bonds is 5. The molecule has 0 amide bonds. The largest absolute Gasteiger partial charge is 0.435 e. The van der Waals surface area contributed by atoms with Crippen LogP contribution < -0.4 is 10.1 Å². The van der Waals surface area contributed by atoms with Crippen LogP contribution in [0.2, 0.25) is 0 Å². The van der Waals surface area contributed by atoms with Crippen LogP contribution in [0.1, 0.15) is 13.3 Å². The van der Waals surface area contributed by atoms with Crippen molar-refractivity contribution < 1.29 is 13.5 Å². The van der Waals surface area contributed by atoms with Gasteiger partial charge in [-0.2, -0.15) is 4.98 Å². The normalized spacial score (nSPS) is 10.3. The molecular weight excluding hydrogens is 252 g/mol. The molecule has 6 heteroatoms. The Bertz CT molecular complexity index is 549. The first kappa shape index (κ1) is 13.2. The van der Waals surface area contributed by atoms with Gasteiger partial charge in [0, 0.05) is 18.8 Å². The molecule has 0 bridgehead atoms. The van der Waals surface area contributed by atoms with Gasteiger partial charge in [0.05, 0.1) is 6.20 Å². The summed E-state index contributed by atoms with van der Waals surface area (Å²) < 4.78 is 32.3. The number of hydrogen-bond acceptors (Lipinski definition) is 4. The van der Waals surface area contributed by atoms with E-state index in [1.54, 1.807) is 18.3 Å². The molecule has 0 fully saturated rings. The summed E-state index contributed by atoms with van der Waals surface area (Å²) in [5, 5.41) is 2.77. The van der Waals surface area contributed by atoms with Crippen LogP contribution in [0, 0.1) is 11.6 Å². The van der Waals surface area contributed by atoms with Crippen molar-refractivity contribution in [1.82, 2.24) is 9.97 Å². The predicted molar refractivity (Wildman–Crippen MR) is 67.2 cm³/mol. The standard InChI is InChI=1S/C13H13F2N3O/c1-2-5-17-12-10(14)7-11(15)13(18-12)19-9-4-3-6-16-8-9/h3-4,6-8H,2,5H2,1H3,(H,17,18). The molecule has 0 aliphatic heterocycles. The Labute approximate surface area is 109 Å². The maximum Gasteiger partial charge on any atom is 0.258 e. The average Bonchev–Trinajstić information content (AvgIpc) is 2.42. The van der Waals surface area contributed by atoms with Gasteiger partial charge in [0.1, 0.15) is 5.75 Å². The van der Waals surface area contributed by atoms with E-state index in [4.69, 9.17) is 4.74 Å². The van der Waals surface area contributed by atoms with Crippen molar-refractivity contribution in [2.24, 2.45) is 0 Å². The summed E-state index contributed by atoms with van der Waals surface area (Å²) in [5.74, 6) is -1.58. The average molecular weight is 265 g/mol. The number of ether oxygens (including phenoxy) is 1. The van der Waals surface area contributed by atoms with E-state index in [1.807, 2.05) is 6.92 Å². The van der Waals surface area contributed by atoms with Gasteiger partial charge in [-0.15, -0.1) is 0 Å². The highest BCUT2D eigenvalue weighted by atomic mass is 19.1. The molecule has 4 nitrogen and oxygen atoms in total. The number of aromatic nitrogens is 2. The van der Waals surface area contributed by atoms with Crippen LogP contribution in [0.15, 0.2) is 30.6 Å². The maximum absolute atomic E-state index is 13.6. The number of pyridine rings is 2. The number of halogens is 2. The number of nitrogens with zero attached hydrogens (tertiary/aromatic N) is 2. The summed E-state index contributed by atoms with van der Waals surface area (Å²) in [5.41, 5.74) is 0. The molecule has 2 aromatic heterocycles. The van der Waals surface area contributed by atoms with Crippen LogP contribution in [-0.2, 0) is 0 Å². The molecular formula is C13H13F2N3O. The van der Waals surface area contributed by atoms with Gasteiger partial charge in [-0.1, -0.05) is 6.92 Å². The van der Waals surface area contributed by atoms with E-state index in [0.717, 1.165) is 12.5 Å². The molecule has 1 N–H and O–H groups in total. The summed E-state index contributed by atoms with van der Waals surface area (Å²) in [6.07, 6.45) is 3.79. The Morgan fingerprint density at radius 1 is 1.32 bits per heavy atom. The molecule has 0 saturated carbocycles. The van der Waals surface area contributed by atoms with Crippen molar-refractivity contribution in [2.75, 3.05) is 11.9 Å². The molecule has 2 aromatic rings. The van der Waals surface area contributed by atoms with Crippen molar-refractivity contribution in [3.63, 3.8) is 0 Å². The summed E-state index contributed by atoms with van der Waals surface area (Å²) >= 11 is 0. The highest BCUT2D eigenvalue weighted by Crippen LogP contribution is 2.25. The Morgan fingerprint density at radius 3 is 2.84 bits per heavy atom. The lowest BCUT2D eigenvalue weighted by molar-refractivity contribution is 0.416. The molecule has 19 heavy (non-hydrogen) atoms.